The van der Waals surface area contributed by atoms with E-state index in [0.717, 1.165) is 12.5 Å². The van der Waals surface area contributed by atoms with Gasteiger partial charge in [0.25, 0.3) is 0 Å². The first kappa shape index (κ1) is 11.0. The Labute approximate surface area is 71.6 Å². The molecule has 68 valence electrons. The average Bonchev–Trinajstić information content (AvgIpc) is 2.00. The van der Waals surface area contributed by atoms with Crippen molar-refractivity contribution in [2.24, 2.45) is 5.92 Å². The van der Waals surface area contributed by atoms with Crippen LogP contribution in [-0.2, 0) is 0 Å². The van der Waals surface area contributed by atoms with Gasteiger partial charge in [0.1, 0.15) is 0 Å². The summed E-state index contributed by atoms with van der Waals surface area (Å²) in [6, 6.07) is 0. The zero-order valence-electron chi connectivity index (χ0n) is 8.70. The number of nitrogens with one attached hydrogen (secondary N) is 1. The van der Waals surface area contributed by atoms with E-state index in [-0.39, 0.29) is 0 Å². The summed E-state index contributed by atoms with van der Waals surface area (Å²) in [5.74, 6) is 0.721. The van der Waals surface area contributed by atoms with E-state index in [1.165, 1.54) is 12.8 Å². The van der Waals surface area contributed by atoms with Crippen molar-refractivity contribution in [1.82, 2.24) is 5.32 Å². The summed E-state index contributed by atoms with van der Waals surface area (Å²) in [6.07, 6.45) is 2.44. The summed E-state index contributed by atoms with van der Waals surface area (Å²) in [6.45, 7) is 12.5. The monoisotopic (exact) mass is 157 g/mol. The Kier molecular flexibility index (Phi) is 4.74. The van der Waals surface area contributed by atoms with Gasteiger partial charge >= 0.3 is 0 Å². The van der Waals surface area contributed by atoms with Gasteiger partial charge in [0.05, 0.1) is 0 Å². The van der Waals surface area contributed by atoms with Crippen LogP contribution in [0, 0.1) is 5.92 Å². The highest BCUT2D eigenvalue weighted by atomic mass is 15.0. The van der Waals surface area contributed by atoms with E-state index in [9.17, 15) is 0 Å². The molecule has 0 rings (SSSR count). The van der Waals surface area contributed by atoms with Crippen LogP contribution < -0.4 is 5.32 Å². The SMILES string of the molecule is CCCN[C@@](C)(CC)C(C)C. The fraction of sp³-hybridized carbons (Fsp3) is 1.00. The Morgan fingerprint density at radius 1 is 1.27 bits per heavy atom. The van der Waals surface area contributed by atoms with Gasteiger partial charge in [0.15, 0.2) is 0 Å². The van der Waals surface area contributed by atoms with Crippen LogP contribution in [-0.4, -0.2) is 12.1 Å². The average molecular weight is 157 g/mol. The van der Waals surface area contributed by atoms with Crippen LogP contribution in [0.2, 0.25) is 0 Å². The minimum atomic E-state index is 0.343. The summed E-state index contributed by atoms with van der Waals surface area (Å²) < 4.78 is 0. The predicted molar refractivity (Wildman–Crippen MR) is 51.8 cm³/mol. The molecule has 0 aliphatic carbocycles. The highest BCUT2D eigenvalue weighted by molar-refractivity contribution is 4.84. The second-order valence-electron chi connectivity index (χ2n) is 3.85. The van der Waals surface area contributed by atoms with E-state index in [1.807, 2.05) is 0 Å². The zero-order chi connectivity index (χ0) is 8.91. The first-order valence-electron chi connectivity index (χ1n) is 4.81. The first-order chi connectivity index (χ1) is 5.06. The summed E-state index contributed by atoms with van der Waals surface area (Å²) >= 11 is 0. The standard InChI is InChI=1S/C10H23N/c1-6-8-11-10(5,7-2)9(3)4/h9,11H,6-8H2,1-5H3/t10-/m0/s1. The highest BCUT2D eigenvalue weighted by Gasteiger charge is 2.24. The molecule has 1 heteroatoms. The third-order valence-corrected chi connectivity index (χ3v) is 2.79. The fourth-order valence-electron chi connectivity index (χ4n) is 1.15. The molecule has 0 spiro atoms. The maximum atomic E-state index is 3.59. The molecule has 0 heterocycles. The van der Waals surface area contributed by atoms with Crippen LogP contribution in [0.25, 0.3) is 0 Å². The van der Waals surface area contributed by atoms with Crippen molar-refractivity contribution in [2.45, 2.75) is 53.0 Å². The van der Waals surface area contributed by atoms with Crippen LogP contribution in [0.15, 0.2) is 0 Å². The van der Waals surface area contributed by atoms with Gasteiger partial charge in [-0.05, 0) is 32.2 Å². The van der Waals surface area contributed by atoms with Crippen LogP contribution in [0.5, 0.6) is 0 Å². The number of hydrogen-bond acceptors (Lipinski definition) is 1. The van der Waals surface area contributed by atoms with E-state index < -0.39 is 0 Å². The van der Waals surface area contributed by atoms with Gasteiger partial charge in [-0.2, -0.15) is 0 Å². The summed E-state index contributed by atoms with van der Waals surface area (Å²) in [5, 5.41) is 3.59. The molecule has 0 aromatic rings. The normalized spacial score (nSPS) is 16.9. The van der Waals surface area contributed by atoms with Crippen molar-refractivity contribution in [3.8, 4) is 0 Å². The third-order valence-electron chi connectivity index (χ3n) is 2.79. The highest BCUT2D eigenvalue weighted by Crippen LogP contribution is 2.19. The topological polar surface area (TPSA) is 12.0 Å². The van der Waals surface area contributed by atoms with Gasteiger partial charge in [-0.3, -0.25) is 0 Å². The van der Waals surface area contributed by atoms with E-state index >= 15 is 0 Å². The molecule has 0 aliphatic rings. The molecule has 11 heavy (non-hydrogen) atoms. The lowest BCUT2D eigenvalue weighted by Gasteiger charge is -2.34. The van der Waals surface area contributed by atoms with E-state index in [1.54, 1.807) is 0 Å². The fourth-order valence-corrected chi connectivity index (χ4v) is 1.15. The third kappa shape index (κ3) is 3.24. The Bertz CT molecular complexity index is 99.0. The second-order valence-corrected chi connectivity index (χ2v) is 3.85. The largest absolute Gasteiger partial charge is 0.311 e. The molecule has 0 fully saturated rings. The Morgan fingerprint density at radius 2 is 1.82 bits per heavy atom. The van der Waals surface area contributed by atoms with Crippen molar-refractivity contribution < 1.29 is 0 Å². The lowest BCUT2D eigenvalue weighted by molar-refractivity contribution is 0.252. The zero-order valence-corrected chi connectivity index (χ0v) is 8.70. The molecule has 0 aromatic carbocycles. The van der Waals surface area contributed by atoms with Gasteiger partial charge in [0, 0.05) is 5.54 Å². The van der Waals surface area contributed by atoms with Crippen molar-refractivity contribution in [3.63, 3.8) is 0 Å². The molecule has 0 unspecified atom stereocenters. The molecule has 0 bridgehead atoms. The Hall–Kier alpha value is -0.0400. The van der Waals surface area contributed by atoms with Gasteiger partial charge in [-0.25, -0.2) is 0 Å². The van der Waals surface area contributed by atoms with Crippen molar-refractivity contribution in [2.75, 3.05) is 6.54 Å². The summed E-state index contributed by atoms with van der Waals surface area (Å²) in [4.78, 5) is 0. The Morgan fingerprint density at radius 3 is 2.09 bits per heavy atom. The van der Waals surface area contributed by atoms with Crippen molar-refractivity contribution in [3.05, 3.63) is 0 Å². The number of rotatable bonds is 5. The Balaban J connectivity index is 3.88. The molecule has 0 saturated heterocycles. The van der Waals surface area contributed by atoms with Crippen LogP contribution in [0.3, 0.4) is 0 Å². The van der Waals surface area contributed by atoms with E-state index in [0.29, 0.717) is 5.54 Å². The number of hydrogen-bond donors (Lipinski definition) is 1. The molecule has 1 atom stereocenters. The molecule has 0 aliphatic heterocycles. The minimum absolute atomic E-state index is 0.343. The lowest BCUT2D eigenvalue weighted by atomic mass is 9.86. The molecular formula is C10H23N. The van der Waals surface area contributed by atoms with Gasteiger partial charge in [-0.1, -0.05) is 27.7 Å². The first-order valence-corrected chi connectivity index (χ1v) is 4.81. The van der Waals surface area contributed by atoms with Crippen molar-refractivity contribution in [1.29, 1.82) is 0 Å². The van der Waals surface area contributed by atoms with Crippen molar-refractivity contribution >= 4 is 0 Å². The molecule has 0 amide bonds. The maximum absolute atomic E-state index is 3.59. The lowest BCUT2D eigenvalue weighted by Crippen LogP contribution is -2.46. The predicted octanol–water partition coefficient (Wildman–Crippen LogP) is 2.81. The van der Waals surface area contributed by atoms with E-state index in [4.69, 9.17) is 0 Å². The van der Waals surface area contributed by atoms with Gasteiger partial charge in [0.2, 0.25) is 0 Å². The summed E-state index contributed by atoms with van der Waals surface area (Å²) in [7, 11) is 0. The quantitative estimate of drug-likeness (QED) is 0.647. The van der Waals surface area contributed by atoms with Crippen LogP contribution >= 0.6 is 0 Å². The van der Waals surface area contributed by atoms with E-state index in [2.05, 4.69) is 39.9 Å². The molecule has 0 saturated carbocycles. The molecule has 1 nitrogen and oxygen atoms in total. The maximum Gasteiger partial charge on any atom is 0.0173 e. The van der Waals surface area contributed by atoms with Crippen LogP contribution in [0.1, 0.15) is 47.5 Å². The minimum Gasteiger partial charge on any atom is -0.311 e. The van der Waals surface area contributed by atoms with Gasteiger partial charge < -0.3 is 5.32 Å². The second kappa shape index (κ2) is 4.76. The smallest absolute Gasteiger partial charge is 0.0173 e. The molecule has 0 radical (unpaired) electrons. The molecular weight excluding hydrogens is 134 g/mol. The molecule has 0 aromatic heterocycles. The van der Waals surface area contributed by atoms with Crippen LogP contribution in [0.4, 0.5) is 0 Å². The molecule has 1 N–H and O–H groups in total. The summed E-state index contributed by atoms with van der Waals surface area (Å²) in [5.41, 5.74) is 0.343. The van der Waals surface area contributed by atoms with Gasteiger partial charge in [-0.15, -0.1) is 0 Å².